The Labute approximate surface area is 225 Å². The summed E-state index contributed by atoms with van der Waals surface area (Å²) in [5.74, 6) is 0.0938. The van der Waals surface area contributed by atoms with Crippen LogP contribution in [0, 0.1) is 5.92 Å². The number of halogens is 1. The summed E-state index contributed by atoms with van der Waals surface area (Å²) in [6.45, 7) is 4.42. The number of benzene rings is 2. The van der Waals surface area contributed by atoms with E-state index in [4.69, 9.17) is 25.5 Å². The molecular weight excluding hydrogens is 510 g/mol. The Kier molecular flexibility index (Phi) is 9.11. The molecule has 4 rings (SSSR count). The zero-order valence-electron chi connectivity index (χ0n) is 21.5. The zero-order valence-corrected chi connectivity index (χ0v) is 22.2. The maximum atomic E-state index is 13.3. The van der Waals surface area contributed by atoms with E-state index in [0.29, 0.717) is 48.1 Å². The molecule has 0 spiro atoms. The first-order chi connectivity index (χ1) is 18.4. The quantitative estimate of drug-likeness (QED) is 0.278. The van der Waals surface area contributed by atoms with Crippen molar-refractivity contribution < 1.29 is 28.8 Å². The van der Waals surface area contributed by atoms with Crippen LogP contribution in [-0.4, -0.2) is 42.3 Å². The van der Waals surface area contributed by atoms with Gasteiger partial charge in [0, 0.05) is 30.3 Å². The molecule has 1 aromatic heterocycles. The highest BCUT2D eigenvalue weighted by Gasteiger charge is 2.34. The van der Waals surface area contributed by atoms with Crippen molar-refractivity contribution in [2.75, 3.05) is 20.3 Å². The van der Waals surface area contributed by atoms with E-state index >= 15 is 0 Å². The van der Waals surface area contributed by atoms with Crippen LogP contribution in [0.15, 0.2) is 64.3 Å². The number of amides is 2. The van der Waals surface area contributed by atoms with E-state index in [1.807, 2.05) is 37.3 Å². The molecule has 0 saturated carbocycles. The number of carbonyl (C=O) groups is 2. The normalized spacial score (nSPS) is 17.9. The highest BCUT2D eigenvalue weighted by molar-refractivity contribution is 6.30. The van der Waals surface area contributed by atoms with Gasteiger partial charge in [-0.1, -0.05) is 29.8 Å². The van der Waals surface area contributed by atoms with E-state index in [1.165, 1.54) is 5.32 Å². The van der Waals surface area contributed by atoms with Crippen LogP contribution in [0.25, 0.3) is 11.5 Å². The maximum absolute atomic E-state index is 13.3. The van der Waals surface area contributed by atoms with Gasteiger partial charge < -0.3 is 24.5 Å². The van der Waals surface area contributed by atoms with E-state index in [0.717, 1.165) is 5.69 Å². The van der Waals surface area contributed by atoms with Crippen LogP contribution < -0.4 is 20.7 Å². The Bertz CT molecular complexity index is 1310. The Morgan fingerprint density at radius 1 is 1.18 bits per heavy atom. The van der Waals surface area contributed by atoms with Crippen LogP contribution in [-0.2, 0) is 14.3 Å². The number of ether oxygens (including phenoxy) is 2. The van der Waals surface area contributed by atoms with E-state index < -0.39 is 12.0 Å². The molecule has 1 saturated heterocycles. The van der Waals surface area contributed by atoms with Crippen LogP contribution in [0.3, 0.4) is 0 Å². The van der Waals surface area contributed by atoms with Crippen LogP contribution >= 0.6 is 11.6 Å². The molecule has 2 atom stereocenters. The number of para-hydroxylation sites is 1. The molecule has 4 N–H and O–H groups in total. The van der Waals surface area contributed by atoms with Gasteiger partial charge in [0.05, 0.1) is 12.2 Å². The Morgan fingerprint density at radius 3 is 2.71 bits per heavy atom. The van der Waals surface area contributed by atoms with Gasteiger partial charge in [-0.05, 0) is 57.0 Å². The molecule has 3 aromatic rings. The highest BCUT2D eigenvalue weighted by Crippen LogP contribution is 2.36. The minimum Gasteiger partial charge on any atom is -0.493 e. The first kappa shape index (κ1) is 27.3. The molecule has 0 radical (unpaired) electrons. The van der Waals surface area contributed by atoms with Gasteiger partial charge in [-0.3, -0.25) is 4.79 Å². The van der Waals surface area contributed by atoms with E-state index in [2.05, 4.69) is 20.8 Å². The molecule has 0 aliphatic carbocycles. The molecule has 1 aliphatic rings. The van der Waals surface area contributed by atoms with Crippen LogP contribution in [0.4, 0.5) is 5.69 Å². The van der Waals surface area contributed by atoms with Crippen molar-refractivity contribution in [3.05, 3.63) is 70.8 Å². The minimum atomic E-state index is -0.570. The van der Waals surface area contributed by atoms with Crippen LogP contribution in [0.5, 0.6) is 5.75 Å². The lowest BCUT2D eigenvalue weighted by Crippen LogP contribution is -2.83. The van der Waals surface area contributed by atoms with Gasteiger partial charge in [0.1, 0.15) is 17.5 Å². The SMILES string of the molecule is CCOc1ccc(Cl)cc1-c1nnc([C@@H]2C[C@H](C(=O)N/C(C(=O)[NH2+]c3ccccc3)=C(\C)NC)CCO2)o1. The maximum Gasteiger partial charge on any atom is 0.365 e. The summed E-state index contributed by atoms with van der Waals surface area (Å²) in [5.41, 5.74) is 2.09. The van der Waals surface area contributed by atoms with E-state index in [1.54, 1.807) is 32.2 Å². The van der Waals surface area contributed by atoms with Crippen molar-refractivity contribution in [2.24, 2.45) is 5.92 Å². The lowest BCUT2D eigenvalue weighted by molar-refractivity contribution is -0.479. The summed E-state index contributed by atoms with van der Waals surface area (Å²) in [7, 11) is 1.70. The Hall–Kier alpha value is -3.73. The smallest absolute Gasteiger partial charge is 0.365 e. The second-order valence-electron chi connectivity index (χ2n) is 8.76. The molecule has 11 heteroatoms. The van der Waals surface area contributed by atoms with Crippen molar-refractivity contribution in [3.63, 3.8) is 0 Å². The summed E-state index contributed by atoms with van der Waals surface area (Å²) < 4.78 is 17.5. The lowest BCUT2D eigenvalue weighted by atomic mass is 9.94. The summed E-state index contributed by atoms with van der Waals surface area (Å²) >= 11 is 6.17. The number of nitrogens with zero attached hydrogens (tertiary/aromatic N) is 2. The second kappa shape index (κ2) is 12.7. The third kappa shape index (κ3) is 6.58. The van der Waals surface area contributed by atoms with Crippen molar-refractivity contribution >= 4 is 29.1 Å². The molecule has 2 aromatic carbocycles. The van der Waals surface area contributed by atoms with Gasteiger partial charge in [0.15, 0.2) is 5.70 Å². The number of primary amides is 1. The number of carbonyl (C=O) groups excluding carboxylic acids is 2. The third-order valence-electron chi connectivity index (χ3n) is 6.18. The number of aromatic nitrogens is 2. The number of allylic oxidation sites excluding steroid dienone is 1. The number of nitrogens with two attached hydrogens (primary N) is 1. The van der Waals surface area contributed by atoms with Gasteiger partial charge in [-0.15, -0.1) is 10.2 Å². The van der Waals surface area contributed by atoms with Crippen molar-refractivity contribution in [1.29, 1.82) is 0 Å². The minimum absolute atomic E-state index is 0.203. The number of rotatable bonds is 9. The molecule has 2 amide bonds. The Morgan fingerprint density at radius 2 is 1.97 bits per heavy atom. The van der Waals surface area contributed by atoms with E-state index in [9.17, 15) is 9.59 Å². The highest BCUT2D eigenvalue weighted by atomic mass is 35.5. The van der Waals surface area contributed by atoms with Crippen molar-refractivity contribution in [3.8, 4) is 17.2 Å². The molecule has 2 heterocycles. The van der Waals surface area contributed by atoms with Gasteiger partial charge in [-0.25, -0.2) is 10.1 Å². The predicted octanol–water partition coefficient (Wildman–Crippen LogP) is 3.25. The largest absolute Gasteiger partial charge is 0.493 e. The molecule has 38 heavy (non-hydrogen) atoms. The number of hydrogen-bond acceptors (Lipinski definition) is 8. The van der Waals surface area contributed by atoms with Gasteiger partial charge in [-0.2, -0.15) is 0 Å². The summed E-state index contributed by atoms with van der Waals surface area (Å²) in [6, 6.07) is 14.4. The first-order valence-electron chi connectivity index (χ1n) is 12.4. The fraction of sp³-hybridized carbons (Fsp3) is 0.333. The standard InChI is InChI=1S/C27H30ClN5O5/c1-4-36-21-11-10-18(28)15-20(21)26-32-33-27(38-26)22-14-17(12-13-37-22)24(34)31-23(16(2)29-3)25(35)30-19-8-6-5-7-9-19/h5-11,15,17,22,29H,4,12-14H2,1-3H3,(H,30,35)(H,31,34)/p+1/b23-16+/t17-,22+/m1/s1. The molecule has 0 unspecified atom stereocenters. The topological polar surface area (TPSA) is 132 Å². The monoisotopic (exact) mass is 540 g/mol. The van der Waals surface area contributed by atoms with Gasteiger partial charge in [0.25, 0.3) is 5.89 Å². The van der Waals surface area contributed by atoms with Gasteiger partial charge in [0.2, 0.25) is 11.8 Å². The average molecular weight is 541 g/mol. The fourth-order valence-corrected chi connectivity index (χ4v) is 4.27. The predicted molar refractivity (Wildman–Crippen MR) is 140 cm³/mol. The molecule has 1 fully saturated rings. The van der Waals surface area contributed by atoms with E-state index in [-0.39, 0.29) is 29.3 Å². The van der Waals surface area contributed by atoms with Crippen LogP contribution in [0.1, 0.15) is 38.7 Å². The number of nitrogens with one attached hydrogen (secondary N) is 2. The summed E-state index contributed by atoms with van der Waals surface area (Å²) in [5, 5.41) is 16.1. The molecule has 1 aliphatic heterocycles. The summed E-state index contributed by atoms with van der Waals surface area (Å²) in [6.07, 6.45) is 0.248. The number of quaternary nitrogens is 1. The second-order valence-corrected chi connectivity index (χ2v) is 9.19. The lowest BCUT2D eigenvalue weighted by Gasteiger charge is -2.27. The van der Waals surface area contributed by atoms with Gasteiger partial charge >= 0.3 is 5.91 Å². The molecule has 10 nitrogen and oxygen atoms in total. The fourth-order valence-electron chi connectivity index (χ4n) is 4.09. The number of hydrogen-bond donors (Lipinski definition) is 3. The van der Waals surface area contributed by atoms with Crippen molar-refractivity contribution in [2.45, 2.75) is 32.8 Å². The molecule has 0 bridgehead atoms. The van der Waals surface area contributed by atoms with Crippen molar-refractivity contribution in [1.82, 2.24) is 20.8 Å². The molecule has 200 valence electrons. The first-order valence-corrected chi connectivity index (χ1v) is 12.8. The average Bonchev–Trinajstić information content (AvgIpc) is 3.43. The Balaban J connectivity index is 1.46. The van der Waals surface area contributed by atoms with Crippen LogP contribution in [0.2, 0.25) is 5.02 Å². The summed E-state index contributed by atoms with van der Waals surface area (Å²) in [4.78, 5) is 26.3. The molecular formula is C27H31ClN5O5+. The third-order valence-corrected chi connectivity index (χ3v) is 6.42. The zero-order chi connectivity index (χ0) is 27.1.